The summed E-state index contributed by atoms with van der Waals surface area (Å²) >= 11 is 0. The summed E-state index contributed by atoms with van der Waals surface area (Å²) < 4.78 is 52.5. The van der Waals surface area contributed by atoms with Gasteiger partial charge in [0.25, 0.3) is 0 Å². The number of nitrogen functional groups attached to an aromatic ring is 1. The van der Waals surface area contributed by atoms with E-state index in [2.05, 4.69) is 10.3 Å². The van der Waals surface area contributed by atoms with E-state index in [1.165, 1.54) is 18.3 Å². The highest BCUT2D eigenvalue weighted by atomic mass is 19.2. The minimum absolute atomic E-state index is 0.00648. The largest absolute Gasteiger partial charge is 0.397 e. The molecule has 0 atom stereocenters. The average molecular weight is 257 g/mol. The van der Waals surface area contributed by atoms with Crippen LogP contribution in [0.2, 0.25) is 0 Å². The molecule has 1 heterocycles. The van der Waals surface area contributed by atoms with Gasteiger partial charge in [-0.3, -0.25) is 0 Å². The summed E-state index contributed by atoms with van der Waals surface area (Å²) in [6, 6.07) is 2.87. The number of nitrogens with one attached hydrogen (secondary N) is 1. The maximum absolute atomic E-state index is 13.3. The number of nitrogens with zero attached hydrogens (tertiary/aromatic N) is 1. The first-order chi connectivity index (χ1) is 8.49. The lowest BCUT2D eigenvalue weighted by Gasteiger charge is -2.09. The summed E-state index contributed by atoms with van der Waals surface area (Å²) in [7, 11) is 0. The second-order valence-electron chi connectivity index (χ2n) is 3.44. The molecule has 94 valence electrons. The van der Waals surface area contributed by atoms with Crippen molar-refractivity contribution in [3.8, 4) is 0 Å². The molecule has 0 aliphatic heterocycles. The summed E-state index contributed by atoms with van der Waals surface area (Å²) in [5.41, 5.74) is 4.77. The molecular formula is C11H7F4N3. The second kappa shape index (κ2) is 4.52. The first kappa shape index (κ1) is 12.2. The molecule has 0 amide bonds. The molecule has 1 aromatic heterocycles. The van der Waals surface area contributed by atoms with E-state index < -0.39 is 29.0 Å². The van der Waals surface area contributed by atoms with Crippen LogP contribution in [-0.4, -0.2) is 4.98 Å². The average Bonchev–Trinajstić information content (AvgIpc) is 2.34. The zero-order valence-electron chi connectivity index (χ0n) is 8.85. The Bertz CT molecular complexity index is 558. The van der Waals surface area contributed by atoms with Crippen LogP contribution in [0.4, 0.5) is 34.8 Å². The van der Waals surface area contributed by atoms with E-state index in [1.807, 2.05) is 0 Å². The summed E-state index contributed by atoms with van der Waals surface area (Å²) in [6.07, 6.45) is 1.23. The highest BCUT2D eigenvalue weighted by molar-refractivity contribution is 5.59. The Balaban J connectivity index is 2.42. The van der Waals surface area contributed by atoms with Crippen LogP contribution in [0.25, 0.3) is 0 Å². The molecule has 3 nitrogen and oxygen atoms in total. The fourth-order valence-electron chi connectivity index (χ4n) is 1.29. The fourth-order valence-corrected chi connectivity index (χ4v) is 1.29. The van der Waals surface area contributed by atoms with Gasteiger partial charge in [0, 0.05) is 6.07 Å². The molecule has 0 saturated heterocycles. The van der Waals surface area contributed by atoms with Crippen molar-refractivity contribution in [3.63, 3.8) is 0 Å². The van der Waals surface area contributed by atoms with Gasteiger partial charge in [-0.05, 0) is 12.1 Å². The Hall–Kier alpha value is -2.31. The van der Waals surface area contributed by atoms with Crippen molar-refractivity contribution < 1.29 is 17.6 Å². The van der Waals surface area contributed by atoms with E-state index in [4.69, 9.17) is 5.73 Å². The van der Waals surface area contributed by atoms with Crippen molar-refractivity contribution in [2.75, 3.05) is 11.1 Å². The first-order valence-electron chi connectivity index (χ1n) is 4.80. The molecule has 0 aliphatic rings. The molecule has 18 heavy (non-hydrogen) atoms. The normalized spacial score (nSPS) is 10.4. The van der Waals surface area contributed by atoms with E-state index >= 15 is 0 Å². The van der Waals surface area contributed by atoms with E-state index in [0.717, 1.165) is 0 Å². The Kier molecular flexibility index (Phi) is 3.05. The molecule has 3 N–H and O–H groups in total. The Labute approximate surface area is 99.3 Å². The van der Waals surface area contributed by atoms with Crippen molar-refractivity contribution in [1.29, 1.82) is 0 Å². The monoisotopic (exact) mass is 257 g/mol. The number of rotatable bonds is 2. The summed E-state index contributed by atoms with van der Waals surface area (Å²) in [4.78, 5) is 3.70. The van der Waals surface area contributed by atoms with Crippen LogP contribution in [0.15, 0.2) is 24.4 Å². The van der Waals surface area contributed by atoms with Crippen LogP contribution in [0.5, 0.6) is 0 Å². The van der Waals surface area contributed by atoms with Crippen LogP contribution in [0.1, 0.15) is 0 Å². The van der Waals surface area contributed by atoms with Gasteiger partial charge in [0.2, 0.25) is 0 Å². The lowest BCUT2D eigenvalue weighted by atomic mass is 10.2. The Morgan fingerprint density at radius 2 is 1.61 bits per heavy atom. The minimum Gasteiger partial charge on any atom is -0.397 e. The van der Waals surface area contributed by atoms with Crippen LogP contribution in [0, 0.1) is 23.3 Å². The third-order valence-electron chi connectivity index (χ3n) is 2.15. The van der Waals surface area contributed by atoms with Gasteiger partial charge in [0.15, 0.2) is 23.3 Å². The smallest absolute Gasteiger partial charge is 0.185 e. The maximum Gasteiger partial charge on any atom is 0.185 e. The van der Waals surface area contributed by atoms with Gasteiger partial charge in [-0.25, -0.2) is 22.5 Å². The van der Waals surface area contributed by atoms with Crippen LogP contribution < -0.4 is 11.1 Å². The van der Waals surface area contributed by atoms with Gasteiger partial charge >= 0.3 is 0 Å². The molecule has 0 fully saturated rings. The van der Waals surface area contributed by atoms with Crippen LogP contribution in [-0.2, 0) is 0 Å². The molecule has 0 aliphatic carbocycles. The predicted molar refractivity (Wildman–Crippen MR) is 58.2 cm³/mol. The first-order valence-corrected chi connectivity index (χ1v) is 4.80. The van der Waals surface area contributed by atoms with Crippen molar-refractivity contribution in [2.45, 2.75) is 0 Å². The van der Waals surface area contributed by atoms with Crippen molar-refractivity contribution in [3.05, 3.63) is 47.7 Å². The lowest BCUT2D eigenvalue weighted by Crippen LogP contribution is -2.04. The summed E-state index contributed by atoms with van der Waals surface area (Å²) in [5.74, 6) is -6.02. The number of anilines is 3. The molecule has 7 heteroatoms. The summed E-state index contributed by atoms with van der Waals surface area (Å²) in [6.45, 7) is 0. The number of pyridine rings is 1. The maximum atomic E-state index is 13.3. The number of hydrogen-bond donors (Lipinski definition) is 2. The molecule has 2 aromatic rings. The molecule has 0 saturated carbocycles. The third kappa shape index (κ3) is 2.20. The van der Waals surface area contributed by atoms with Gasteiger partial charge in [0.1, 0.15) is 11.5 Å². The van der Waals surface area contributed by atoms with Crippen molar-refractivity contribution in [2.24, 2.45) is 0 Å². The molecule has 1 aromatic carbocycles. The molecule has 0 bridgehead atoms. The predicted octanol–water partition coefficient (Wildman–Crippen LogP) is 2.96. The molecule has 0 unspecified atom stereocenters. The van der Waals surface area contributed by atoms with Crippen molar-refractivity contribution >= 4 is 17.2 Å². The molecule has 0 spiro atoms. The fraction of sp³-hybridized carbons (Fsp3) is 0. The van der Waals surface area contributed by atoms with Gasteiger partial charge in [-0.15, -0.1) is 0 Å². The Morgan fingerprint density at radius 3 is 2.11 bits per heavy atom. The van der Waals surface area contributed by atoms with Gasteiger partial charge in [-0.1, -0.05) is 0 Å². The molecular weight excluding hydrogens is 250 g/mol. The Morgan fingerprint density at radius 1 is 1.00 bits per heavy atom. The van der Waals surface area contributed by atoms with E-state index in [1.54, 1.807) is 0 Å². The van der Waals surface area contributed by atoms with Gasteiger partial charge < -0.3 is 11.1 Å². The molecule has 2 rings (SSSR count). The number of halogens is 4. The highest BCUT2D eigenvalue weighted by Gasteiger charge is 2.19. The van der Waals surface area contributed by atoms with Crippen LogP contribution >= 0.6 is 0 Å². The SMILES string of the molecule is Nc1ccc(Nc2c(F)c(F)cc(F)c2F)nc1. The lowest BCUT2D eigenvalue weighted by molar-refractivity contribution is 0.459. The number of hydrogen-bond acceptors (Lipinski definition) is 3. The van der Waals surface area contributed by atoms with Gasteiger partial charge in [0.05, 0.1) is 11.9 Å². The van der Waals surface area contributed by atoms with Crippen LogP contribution in [0.3, 0.4) is 0 Å². The van der Waals surface area contributed by atoms with E-state index in [0.29, 0.717) is 5.69 Å². The quantitative estimate of drug-likeness (QED) is 0.642. The highest BCUT2D eigenvalue weighted by Crippen LogP contribution is 2.26. The zero-order chi connectivity index (χ0) is 13.3. The van der Waals surface area contributed by atoms with E-state index in [9.17, 15) is 17.6 Å². The third-order valence-corrected chi connectivity index (χ3v) is 2.15. The standard InChI is InChI=1S/C11H7F4N3/c12-6-3-7(13)10(15)11(9(6)14)18-8-2-1-5(16)4-17-8/h1-4H,16H2,(H,17,18). The topological polar surface area (TPSA) is 50.9 Å². The van der Waals surface area contributed by atoms with Crippen molar-refractivity contribution in [1.82, 2.24) is 4.98 Å². The summed E-state index contributed by atoms with van der Waals surface area (Å²) in [5, 5.41) is 2.15. The number of nitrogens with two attached hydrogens (primary N) is 1. The minimum atomic E-state index is -1.52. The molecule has 0 radical (unpaired) electrons. The zero-order valence-corrected chi connectivity index (χ0v) is 8.85. The number of aromatic nitrogens is 1. The van der Waals surface area contributed by atoms with E-state index in [-0.39, 0.29) is 11.9 Å². The number of benzene rings is 1. The van der Waals surface area contributed by atoms with Gasteiger partial charge in [-0.2, -0.15) is 0 Å². The second-order valence-corrected chi connectivity index (χ2v) is 3.44.